The molecule has 0 fully saturated rings. The van der Waals surface area contributed by atoms with Crippen molar-refractivity contribution in [1.29, 1.82) is 0 Å². The SMILES string of the molecule is CCCCCCCOc1cc2c(cc1C(C)=CC=CC(C)=CC(=O)OCC)C(C)(C)CCS2=O. The van der Waals surface area contributed by atoms with E-state index in [9.17, 15) is 9.00 Å². The van der Waals surface area contributed by atoms with Crippen molar-refractivity contribution in [2.75, 3.05) is 19.0 Å². The lowest BCUT2D eigenvalue weighted by Gasteiger charge is -2.33. The molecule has 1 aliphatic heterocycles. The Morgan fingerprint density at radius 2 is 1.85 bits per heavy atom. The maximum atomic E-state index is 12.8. The van der Waals surface area contributed by atoms with Gasteiger partial charge in [0.15, 0.2) is 0 Å². The molecule has 0 bridgehead atoms. The van der Waals surface area contributed by atoms with Gasteiger partial charge in [-0.2, -0.15) is 0 Å². The smallest absolute Gasteiger partial charge is 0.330 e. The second kappa shape index (κ2) is 13.7. The van der Waals surface area contributed by atoms with E-state index in [-0.39, 0.29) is 11.4 Å². The number of fused-ring (bicyclic) bond motifs is 1. The number of carbonyl (C=O) groups is 1. The van der Waals surface area contributed by atoms with Crippen molar-refractivity contribution < 1.29 is 18.5 Å². The van der Waals surface area contributed by atoms with Gasteiger partial charge in [0.1, 0.15) is 5.75 Å². The maximum Gasteiger partial charge on any atom is 0.330 e. The molecule has 1 atom stereocenters. The van der Waals surface area contributed by atoms with Crippen molar-refractivity contribution in [2.45, 2.75) is 90.4 Å². The maximum absolute atomic E-state index is 12.8. The first kappa shape index (κ1) is 28.1. The molecule has 34 heavy (non-hydrogen) atoms. The Kier molecular flexibility index (Phi) is 11.3. The highest BCUT2D eigenvalue weighted by molar-refractivity contribution is 7.85. The van der Waals surface area contributed by atoms with Crippen LogP contribution in [-0.2, 0) is 25.7 Å². The van der Waals surface area contributed by atoms with Gasteiger partial charge in [-0.15, -0.1) is 0 Å². The zero-order chi connectivity index (χ0) is 25.1. The molecule has 0 saturated heterocycles. The highest BCUT2D eigenvalue weighted by Crippen LogP contribution is 2.41. The molecule has 5 heteroatoms. The van der Waals surface area contributed by atoms with E-state index >= 15 is 0 Å². The monoisotopic (exact) mass is 486 g/mol. The molecule has 0 aromatic heterocycles. The van der Waals surface area contributed by atoms with Crippen LogP contribution < -0.4 is 4.74 Å². The molecular formula is C29H42O4S. The number of unbranched alkanes of at least 4 members (excludes halogenated alkanes) is 4. The molecule has 1 unspecified atom stereocenters. The van der Waals surface area contributed by atoms with Crippen molar-refractivity contribution in [1.82, 2.24) is 0 Å². The van der Waals surface area contributed by atoms with Gasteiger partial charge in [-0.3, -0.25) is 4.21 Å². The summed E-state index contributed by atoms with van der Waals surface area (Å²) in [6.07, 6.45) is 14.2. The number of benzene rings is 1. The second-order valence-corrected chi connectivity index (χ2v) is 11.2. The van der Waals surface area contributed by atoms with E-state index in [1.807, 2.05) is 31.2 Å². The fraction of sp³-hybridized carbons (Fsp3) is 0.552. The van der Waals surface area contributed by atoms with Crippen LogP contribution >= 0.6 is 0 Å². The molecule has 0 saturated carbocycles. The lowest BCUT2D eigenvalue weighted by molar-refractivity contribution is -0.137. The minimum atomic E-state index is -0.989. The van der Waals surface area contributed by atoms with Gasteiger partial charge in [-0.05, 0) is 67.9 Å². The van der Waals surface area contributed by atoms with Crippen molar-refractivity contribution in [3.8, 4) is 5.75 Å². The molecule has 1 aromatic rings. The van der Waals surface area contributed by atoms with Gasteiger partial charge >= 0.3 is 5.97 Å². The summed E-state index contributed by atoms with van der Waals surface area (Å²) in [4.78, 5) is 12.5. The molecule has 0 aliphatic carbocycles. The lowest BCUT2D eigenvalue weighted by atomic mass is 9.80. The summed E-state index contributed by atoms with van der Waals surface area (Å²) in [5.74, 6) is 1.17. The average Bonchev–Trinajstić information content (AvgIpc) is 2.78. The summed E-state index contributed by atoms with van der Waals surface area (Å²) in [5.41, 5.74) is 4.06. The Bertz CT molecular complexity index is 953. The number of hydrogen-bond donors (Lipinski definition) is 0. The molecule has 188 valence electrons. The number of hydrogen-bond acceptors (Lipinski definition) is 4. The van der Waals surface area contributed by atoms with Crippen LogP contribution in [0.15, 0.2) is 46.9 Å². The fourth-order valence-electron chi connectivity index (χ4n) is 4.04. The van der Waals surface area contributed by atoms with Crippen LogP contribution in [0.5, 0.6) is 5.75 Å². The van der Waals surface area contributed by atoms with E-state index in [0.717, 1.165) is 52.2 Å². The first-order valence-electron chi connectivity index (χ1n) is 12.6. The van der Waals surface area contributed by atoms with Gasteiger partial charge in [0, 0.05) is 22.3 Å². The number of rotatable bonds is 12. The molecule has 0 N–H and O–H groups in total. The van der Waals surface area contributed by atoms with Crippen molar-refractivity contribution >= 4 is 22.3 Å². The predicted molar refractivity (Wildman–Crippen MR) is 143 cm³/mol. The van der Waals surface area contributed by atoms with Crippen LogP contribution in [0.2, 0.25) is 0 Å². The third kappa shape index (κ3) is 8.26. The zero-order valence-corrected chi connectivity index (χ0v) is 22.7. The Morgan fingerprint density at radius 1 is 1.12 bits per heavy atom. The largest absolute Gasteiger partial charge is 0.493 e. The minimum absolute atomic E-state index is 0.0221. The molecule has 2 rings (SSSR count). The van der Waals surface area contributed by atoms with Gasteiger partial charge < -0.3 is 9.47 Å². The summed E-state index contributed by atoms with van der Waals surface area (Å²) >= 11 is 0. The van der Waals surface area contributed by atoms with Crippen LogP contribution in [0.3, 0.4) is 0 Å². The van der Waals surface area contributed by atoms with Crippen LogP contribution in [0.25, 0.3) is 5.57 Å². The van der Waals surface area contributed by atoms with Crippen molar-refractivity contribution in [2.24, 2.45) is 0 Å². The Labute approximate surface area is 209 Å². The Morgan fingerprint density at radius 3 is 2.56 bits per heavy atom. The van der Waals surface area contributed by atoms with E-state index < -0.39 is 10.8 Å². The van der Waals surface area contributed by atoms with Crippen LogP contribution in [0.1, 0.15) is 91.2 Å². The summed E-state index contributed by atoms with van der Waals surface area (Å²) in [6.45, 7) is 13.4. The number of ether oxygens (including phenoxy) is 2. The topological polar surface area (TPSA) is 52.6 Å². The van der Waals surface area contributed by atoms with Crippen molar-refractivity contribution in [3.05, 3.63) is 53.1 Å². The van der Waals surface area contributed by atoms with Gasteiger partial charge in [-0.25, -0.2) is 4.79 Å². The minimum Gasteiger partial charge on any atom is -0.493 e. The normalized spacial score (nSPS) is 18.1. The lowest BCUT2D eigenvalue weighted by Crippen LogP contribution is -2.28. The predicted octanol–water partition coefficient (Wildman–Crippen LogP) is 7.29. The van der Waals surface area contributed by atoms with Gasteiger partial charge in [0.2, 0.25) is 0 Å². The Balaban J connectivity index is 2.31. The quantitative estimate of drug-likeness (QED) is 0.135. The van der Waals surface area contributed by atoms with Crippen LogP contribution in [0, 0.1) is 0 Å². The highest BCUT2D eigenvalue weighted by Gasteiger charge is 2.32. The molecule has 1 aromatic carbocycles. The summed E-state index contributed by atoms with van der Waals surface area (Å²) in [6, 6.07) is 4.19. The summed E-state index contributed by atoms with van der Waals surface area (Å²) in [5, 5.41) is 0. The molecule has 0 spiro atoms. The van der Waals surface area contributed by atoms with E-state index in [0.29, 0.717) is 19.0 Å². The van der Waals surface area contributed by atoms with Gasteiger partial charge in [0.25, 0.3) is 0 Å². The van der Waals surface area contributed by atoms with E-state index in [1.165, 1.54) is 25.3 Å². The zero-order valence-electron chi connectivity index (χ0n) is 21.9. The second-order valence-electron chi connectivity index (χ2n) is 9.64. The van der Waals surface area contributed by atoms with Gasteiger partial charge in [-0.1, -0.05) is 64.7 Å². The first-order chi connectivity index (χ1) is 16.2. The van der Waals surface area contributed by atoms with Crippen molar-refractivity contribution in [3.63, 3.8) is 0 Å². The summed E-state index contributed by atoms with van der Waals surface area (Å²) < 4.78 is 24.0. The molecule has 0 radical (unpaired) electrons. The molecule has 0 amide bonds. The third-order valence-corrected chi connectivity index (χ3v) is 7.64. The number of carbonyl (C=O) groups excluding carboxylic acids is 1. The molecular weight excluding hydrogens is 444 g/mol. The molecule has 4 nitrogen and oxygen atoms in total. The van der Waals surface area contributed by atoms with E-state index in [1.54, 1.807) is 6.92 Å². The van der Waals surface area contributed by atoms with Crippen LogP contribution in [-0.4, -0.2) is 29.1 Å². The summed E-state index contributed by atoms with van der Waals surface area (Å²) in [7, 11) is -0.989. The van der Waals surface area contributed by atoms with Gasteiger partial charge in [0.05, 0.1) is 24.0 Å². The van der Waals surface area contributed by atoms with E-state index in [2.05, 4.69) is 33.8 Å². The molecule has 1 heterocycles. The fourth-order valence-corrected chi connectivity index (χ4v) is 5.77. The standard InChI is InChI=1S/C29H42O4S/c1-7-9-10-11-12-17-33-26-21-27-25(29(5,6)16-18-34(27)31)20-24(26)23(4)15-13-14-22(3)19-28(30)32-8-2/h13-15,19-21H,7-12,16-18H2,1-6H3. The highest BCUT2D eigenvalue weighted by atomic mass is 32.2. The average molecular weight is 487 g/mol. The van der Waals surface area contributed by atoms with E-state index in [4.69, 9.17) is 9.47 Å². The first-order valence-corrected chi connectivity index (χ1v) is 13.9. The number of esters is 1. The third-order valence-electron chi connectivity index (χ3n) is 6.24. The molecule has 1 aliphatic rings. The van der Waals surface area contributed by atoms with Crippen LogP contribution in [0.4, 0.5) is 0 Å². The number of allylic oxidation sites excluding steroid dienone is 5. The Hall–Kier alpha value is -2.14.